The number of hydroxylamine groups is 3. The molecule has 1 aromatic heterocycles. The number of aryl methyl sites for hydroxylation is 2. The van der Waals surface area contributed by atoms with Crippen LogP contribution in [0, 0.1) is 13.8 Å². The number of carbonyl (C=O) groups is 2. The van der Waals surface area contributed by atoms with Gasteiger partial charge in [-0.1, -0.05) is 41.3 Å². The smallest absolute Gasteiger partial charge is 0.393 e. The van der Waals surface area contributed by atoms with Gasteiger partial charge in [0.1, 0.15) is 0 Å². The number of amides is 1. The molecule has 0 radical (unpaired) electrons. The van der Waals surface area contributed by atoms with E-state index >= 15 is 0 Å². The molecule has 1 aliphatic heterocycles. The molecule has 0 saturated carbocycles. The van der Waals surface area contributed by atoms with Crippen LogP contribution in [0.15, 0.2) is 41.0 Å². The van der Waals surface area contributed by atoms with E-state index in [1.54, 1.807) is 25.1 Å². The SMILES string of the molecule is CCC1(C)ONC(C(N)=O)(c2cc(C)cc(C)c2)N1OC(=O)c1ccco1. The number of furan rings is 1. The second-order valence-electron chi connectivity index (χ2n) is 6.83. The van der Waals surface area contributed by atoms with Crippen LogP contribution in [0.5, 0.6) is 0 Å². The van der Waals surface area contributed by atoms with Crippen molar-refractivity contribution in [2.24, 2.45) is 5.73 Å². The van der Waals surface area contributed by atoms with Gasteiger partial charge in [0.2, 0.25) is 11.4 Å². The third-order valence-corrected chi connectivity index (χ3v) is 4.70. The number of nitrogens with one attached hydrogen (secondary N) is 1. The first-order valence-electron chi connectivity index (χ1n) is 8.63. The van der Waals surface area contributed by atoms with E-state index in [9.17, 15) is 9.59 Å². The van der Waals surface area contributed by atoms with Crippen molar-refractivity contribution in [2.45, 2.75) is 45.5 Å². The molecule has 3 rings (SSSR count). The molecule has 144 valence electrons. The summed E-state index contributed by atoms with van der Waals surface area (Å²) in [5, 5.41) is 1.18. The quantitative estimate of drug-likeness (QED) is 0.828. The fourth-order valence-electron chi connectivity index (χ4n) is 3.18. The number of nitrogens with zero attached hydrogens (tertiary/aromatic N) is 1. The largest absolute Gasteiger partial charge is 0.457 e. The minimum atomic E-state index is -1.69. The minimum Gasteiger partial charge on any atom is -0.457 e. The van der Waals surface area contributed by atoms with Crippen molar-refractivity contribution in [3.8, 4) is 0 Å². The molecule has 0 bridgehead atoms. The maximum Gasteiger partial charge on any atom is 0.393 e. The highest BCUT2D eigenvalue weighted by molar-refractivity contribution is 5.88. The lowest BCUT2D eigenvalue weighted by molar-refractivity contribution is -0.247. The summed E-state index contributed by atoms with van der Waals surface area (Å²) >= 11 is 0. The molecule has 2 heterocycles. The van der Waals surface area contributed by atoms with Crippen LogP contribution in [0.25, 0.3) is 0 Å². The number of carbonyl (C=O) groups excluding carboxylic acids is 2. The molecular formula is C19H23N3O5. The first-order chi connectivity index (χ1) is 12.7. The number of nitrogens with two attached hydrogens (primary N) is 1. The summed E-state index contributed by atoms with van der Waals surface area (Å²) in [6.45, 7) is 7.34. The van der Waals surface area contributed by atoms with Gasteiger partial charge in [0.05, 0.1) is 6.26 Å². The zero-order valence-corrected chi connectivity index (χ0v) is 15.7. The highest BCUT2D eigenvalue weighted by atomic mass is 16.8. The maximum absolute atomic E-state index is 12.7. The zero-order chi connectivity index (χ0) is 19.8. The summed E-state index contributed by atoms with van der Waals surface area (Å²) in [5.74, 6) is -1.53. The van der Waals surface area contributed by atoms with Crippen LogP contribution in [0.1, 0.15) is 47.5 Å². The maximum atomic E-state index is 12.7. The van der Waals surface area contributed by atoms with Crippen molar-refractivity contribution in [3.63, 3.8) is 0 Å². The topological polar surface area (TPSA) is 107 Å². The predicted molar refractivity (Wildman–Crippen MR) is 95.7 cm³/mol. The molecule has 8 heteroatoms. The highest BCUT2D eigenvalue weighted by Crippen LogP contribution is 2.41. The van der Waals surface area contributed by atoms with E-state index in [4.69, 9.17) is 19.8 Å². The first-order valence-corrected chi connectivity index (χ1v) is 8.63. The number of hydrogen-bond donors (Lipinski definition) is 2. The van der Waals surface area contributed by atoms with Crippen molar-refractivity contribution in [1.82, 2.24) is 10.5 Å². The lowest BCUT2D eigenvalue weighted by Gasteiger charge is -2.37. The van der Waals surface area contributed by atoms with Crippen LogP contribution >= 0.6 is 0 Å². The van der Waals surface area contributed by atoms with Crippen LogP contribution in [0.4, 0.5) is 0 Å². The third kappa shape index (κ3) is 3.12. The molecule has 1 saturated heterocycles. The van der Waals surface area contributed by atoms with E-state index in [1.165, 1.54) is 17.4 Å². The van der Waals surface area contributed by atoms with Crippen molar-refractivity contribution in [3.05, 3.63) is 59.0 Å². The van der Waals surface area contributed by atoms with E-state index in [-0.39, 0.29) is 5.76 Å². The molecule has 1 amide bonds. The van der Waals surface area contributed by atoms with Gasteiger partial charge in [0.25, 0.3) is 5.91 Å². The Hall–Kier alpha value is -2.68. The Labute approximate surface area is 157 Å². The summed E-state index contributed by atoms with van der Waals surface area (Å²) in [5.41, 5.74) is 8.06. The summed E-state index contributed by atoms with van der Waals surface area (Å²) in [7, 11) is 0. The number of primary amides is 1. The van der Waals surface area contributed by atoms with Crippen molar-refractivity contribution in [1.29, 1.82) is 0 Å². The Balaban J connectivity index is 2.12. The molecule has 0 spiro atoms. The monoisotopic (exact) mass is 373 g/mol. The third-order valence-electron chi connectivity index (χ3n) is 4.70. The Kier molecular flexibility index (Phi) is 4.81. The van der Waals surface area contributed by atoms with Crippen LogP contribution in [0.3, 0.4) is 0 Å². The summed E-state index contributed by atoms with van der Waals surface area (Å²) in [4.78, 5) is 36.5. The Morgan fingerprint density at radius 2 is 1.93 bits per heavy atom. The molecule has 3 N–H and O–H groups in total. The van der Waals surface area contributed by atoms with Gasteiger partial charge in [0, 0.05) is 5.56 Å². The Morgan fingerprint density at radius 1 is 1.26 bits per heavy atom. The molecule has 0 aliphatic carbocycles. The molecule has 1 fully saturated rings. The van der Waals surface area contributed by atoms with E-state index in [1.807, 2.05) is 26.8 Å². The molecular weight excluding hydrogens is 350 g/mol. The van der Waals surface area contributed by atoms with Crippen LogP contribution in [-0.4, -0.2) is 22.7 Å². The number of rotatable bonds is 5. The van der Waals surface area contributed by atoms with Gasteiger partial charge < -0.3 is 15.0 Å². The van der Waals surface area contributed by atoms with Gasteiger partial charge >= 0.3 is 5.97 Å². The van der Waals surface area contributed by atoms with Crippen LogP contribution < -0.4 is 11.2 Å². The number of hydrogen-bond acceptors (Lipinski definition) is 7. The lowest BCUT2D eigenvalue weighted by atomic mass is 9.94. The Morgan fingerprint density at radius 3 is 2.44 bits per heavy atom. The van der Waals surface area contributed by atoms with Gasteiger partial charge in [-0.05, 0) is 39.3 Å². The lowest BCUT2D eigenvalue weighted by Crippen LogP contribution is -2.61. The second-order valence-corrected chi connectivity index (χ2v) is 6.83. The van der Waals surface area contributed by atoms with Crippen molar-refractivity contribution >= 4 is 11.9 Å². The standard InChI is InChI=1S/C19H23N3O5/c1-5-18(4)22(26-16(23)15-7-6-8-25-15)19(17(20)24,21-27-18)14-10-12(2)9-13(3)11-14/h6-11,21H,5H2,1-4H3,(H2,20,24). The van der Waals surface area contributed by atoms with Gasteiger partial charge in [0.15, 0.2) is 5.72 Å². The van der Waals surface area contributed by atoms with E-state index in [0.717, 1.165) is 11.1 Å². The molecule has 27 heavy (non-hydrogen) atoms. The second kappa shape index (κ2) is 6.80. The van der Waals surface area contributed by atoms with Crippen LogP contribution in [-0.2, 0) is 20.1 Å². The normalized spacial score (nSPS) is 25.5. The van der Waals surface area contributed by atoms with E-state index in [0.29, 0.717) is 12.0 Å². The fraction of sp³-hybridized carbons (Fsp3) is 0.368. The van der Waals surface area contributed by atoms with Crippen LogP contribution in [0.2, 0.25) is 0 Å². The molecule has 2 unspecified atom stereocenters. The van der Waals surface area contributed by atoms with Gasteiger partial charge in [-0.3, -0.25) is 9.63 Å². The van der Waals surface area contributed by atoms with Gasteiger partial charge in [-0.25, -0.2) is 4.79 Å². The summed E-state index contributed by atoms with van der Waals surface area (Å²) in [6.07, 6.45) is 1.77. The van der Waals surface area contributed by atoms with Gasteiger partial charge in [-0.15, -0.1) is 0 Å². The predicted octanol–water partition coefficient (Wildman–Crippen LogP) is 2.27. The first kappa shape index (κ1) is 19.1. The molecule has 2 aromatic rings. The average molecular weight is 373 g/mol. The minimum absolute atomic E-state index is 0.000791. The molecule has 1 aliphatic rings. The van der Waals surface area contributed by atoms with Gasteiger partial charge in [-0.2, -0.15) is 5.48 Å². The zero-order valence-electron chi connectivity index (χ0n) is 15.7. The molecule has 8 nitrogen and oxygen atoms in total. The summed E-state index contributed by atoms with van der Waals surface area (Å²) < 4.78 is 5.10. The summed E-state index contributed by atoms with van der Waals surface area (Å²) in [6, 6.07) is 8.59. The van der Waals surface area contributed by atoms with Crippen molar-refractivity contribution in [2.75, 3.05) is 0 Å². The molecule has 1 aromatic carbocycles. The highest BCUT2D eigenvalue weighted by Gasteiger charge is 2.61. The van der Waals surface area contributed by atoms with E-state index in [2.05, 4.69) is 5.48 Å². The van der Waals surface area contributed by atoms with Crippen molar-refractivity contribution < 1.29 is 23.7 Å². The Bertz CT molecular complexity index is 846. The molecule has 2 atom stereocenters. The van der Waals surface area contributed by atoms with E-state index < -0.39 is 23.3 Å². The average Bonchev–Trinajstić information content (AvgIpc) is 3.23. The number of benzene rings is 1. The fourth-order valence-corrected chi connectivity index (χ4v) is 3.18.